The number of aromatic amines is 1. The molecule has 38 heavy (non-hydrogen) atoms. The molecule has 1 atom stereocenters. The second-order valence-corrected chi connectivity index (χ2v) is 10.6. The number of rotatable bonds is 8. The van der Waals surface area contributed by atoms with Gasteiger partial charge >= 0.3 is 0 Å². The Morgan fingerprint density at radius 2 is 1.58 bits per heavy atom. The summed E-state index contributed by atoms with van der Waals surface area (Å²) in [6.45, 7) is 5.56. The SMILES string of the molecule is CC(C)(C)NC(=O)C(c1ccc(Cl)cc1)N(CC(=O)NCc1ccccc1)C(=O)c1cc2ccccc2[nH]1. The van der Waals surface area contributed by atoms with Crippen LogP contribution in [0.1, 0.15) is 48.4 Å². The smallest absolute Gasteiger partial charge is 0.271 e. The van der Waals surface area contributed by atoms with Crippen LogP contribution in [0.15, 0.2) is 84.9 Å². The molecule has 0 spiro atoms. The average molecular weight is 531 g/mol. The molecule has 0 aliphatic carbocycles. The summed E-state index contributed by atoms with van der Waals surface area (Å²) in [5.41, 5.74) is 1.97. The minimum absolute atomic E-state index is 0.282. The lowest BCUT2D eigenvalue weighted by Crippen LogP contribution is -2.51. The predicted octanol–water partition coefficient (Wildman–Crippen LogP) is 5.24. The van der Waals surface area contributed by atoms with Gasteiger partial charge in [0, 0.05) is 28.0 Å². The Kier molecular flexibility index (Phi) is 8.17. The third-order valence-electron chi connectivity index (χ3n) is 5.91. The van der Waals surface area contributed by atoms with Gasteiger partial charge in [0.2, 0.25) is 11.8 Å². The summed E-state index contributed by atoms with van der Waals surface area (Å²) in [7, 11) is 0. The van der Waals surface area contributed by atoms with Crippen molar-refractivity contribution in [1.29, 1.82) is 0 Å². The zero-order chi connectivity index (χ0) is 27.3. The number of carbonyl (C=O) groups excluding carboxylic acids is 3. The summed E-state index contributed by atoms with van der Waals surface area (Å²) >= 11 is 6.12. The number of hydrogen-bond donors (Lipinski definition) is 3. The summed E-state index contributed by atoms with van der Waals surface area (Å²) in [6, 6.07) is 24.4. The molecular weight excluding hydrogens is 500 g/mol. The van der Waals surface area contributed by atoms with Crippen molar-refractivity contribution in [3.8, 4) is 0 Å². The number of nitrogens with one attached hydrogen (secondary N) is 3. The number of H-pyrrole nitrogens is 1. The minimum Gasteiger partial charge on any atom is -0.351 e. The first-order chi connectivity index (χ1) is 18.1. The summed E-state index contributed by atoms with van der Waals surface area (Å²) in [5.74, 6) is -1.26. The first-order valence-corrected chi connectivity index (χ1v) is 12.8. The Bertz CT molecular complexity index is 1390. The molecule has 0 aliphatic rings. The average Bonchev–Trinajstić information content (AvgIpc) is 3.32. The summed E-state index contributed by atoms with van der Waals surface area (Å²) < 4.78 is 0. The van der Waals surface area contributed by atoms with Crippen molar-refractivity contribution in [3.63, 3.8) is 0 Å². The number of carbonyl (C=O) groups is 3. The predicted molar refractivity (Wildman–Crippen MR) is 150 cm³/mol. The number of fused-ring (bicyclic) bond motifs is 1. The number of hydrogen-bond acceptors (Lipinski definition) is 3. The normalized spacial score (nSPS) is 12.1. The third-order valence-corrected chi connectivity index (χ3v) is 6.16. The van der Waals surface area contributed by atoms with Crippen LogP contribution in [0.25, 0.3) is 10.9 Å². The van der Waals surface area contributed by atoms with E-state index in [4.69, 9.17) is 11.6 Å². The molecule has 0 aliphatic heterocycles. The Morgan fingerprint density at radius 3 is 2.24 bits per heavy atom. The Morgan fingerprint density at radius 1 is 0.921 bits per heavy atom. The Hall–Kier alpha value is -4.10. The van der Waals surface area contributed by atoms with Gasteiger partial charge in [0.05, 0.1) is 0 Å². The highest BCUT2D eigenvalue weighted by Crippen LogP contribution is 2.27. The van der Waals surface area contributed by atoms with Gasteiger partial charge in [-0.1, -0.05) is 72.3 Å². The number of halogens is 1. The van der Waals surface area contributed by atoms with Crippen LogP contribution < -0.4 is 10.6 Å². The molecule has 0 bridgehead atoms. The fraction of sp³-hybridized carbons (Fsp3) is 0.233. The lowest BCUT2D eigenvalue weighted by molar-refractivity contribution is -0.129. The van der Waals surface area contributed by atoms with Crippen molar-refractivity contribution in [1.82, 2.24) is 20.5 Å². The fourth-order valence-electron chi connectivity index (χ4n) is 4.19. The van der Waals surface area contributed by atoms with Crippen molar-refractivity contribution >= 4 is 40.2 Å². The Balaban J connectivity index is 1.71. The van der Waals surface area contributed by atoms with Gasteiger partial charge in [-0.3, -0.25) is 14.4 Å². The topological polar surface area (TPSA) is 94.3 Å². The van der Waals surface area contributed by atoms with E-state index in [2.05, 4.69) is 15.6 Å². The van der Waals surface area contributed by atoms with Gasteiger partial charge in [-0.15, -0.1) is 0 Å². The van der Waals surface area contributed by atoms with Crippen LogP contribution in [0.3, 0.4) is 0 Å². The van der Waals surface area contributed by atoms with Gasteiger partial charge in [-0.25, -0.2) is 0 Å². The molecule has 1 heterocycles. The number of aromatic nitrogens is 1. The molecule has 1 aromatic heterocycles. The molecule has 0 saturated carbocycles. The minimum atomic E-state index is -1.08. The first-order valence-electron chi connectivity index (χ1n) is 12.4. The maximum absolute atomic E-state index is 14.0. The van der Waals surface area contributed by atoms with Crippen LogP contribution in [0.4, 0.5) is 0 Å². The molecule has 7 nitrogen and oxygen atoms in total. The maximum atomic E-state index is 14.0. The molecule has 0 fully saturated rings. The zero-order valence-corrected chi connectivity index (χ0v) is 22.4. The van der Waals surface area contributed by atoms with E-state index in [9.17, 15) is 14.4 Å². The van der Waals surface area contributed by atoms with Gasteiger partial charge in [0.1, 0.15) is 18.3 Å². The van der Waals surface area contributed by atoms with E-state index in [1.165, 1.54) is 4.90 Å². The van der Waals surface area contributed by atoms with E-state index < -0.39 is 23.4 Å². The van der Waals surface area contributed by atoms with Crippen LogP contribution in [-0.2, 0) is 16.1 Å². The molecule has 3 N–H and O–H groups in total. The van der Waals surface area contributed by atoms with Gasteiger partial charge in [0.25, 0.3) is 5.91 Å². The molecule has 196 valence electrons. The van der Waals surface area contributed by atoms with E-state index in [1.54, 1.807) is 30.3 Å². The van der Waals surface area contributed by atoms with Crippen LogP contribution in [0, 0.1) is 0 Å². The fourth-order valence-corrected chi connectivity index (χ4v) is 4.31. The molecule has 3 amide bonds. The van der Waals surface area contributed by atoms with Crippen molar-refractivity contribution in [3.05, 3.63) is 107 Å². The molecule has 3 aromatic carbocycles. The summed E-state index contributed by atoms with van der Waals surface area (Å²) in [6.07, 6.45) is 0. The van der Waals surface area contributed by atoms with E-state index >= 15 is 0 Å². The maximum Gasteiger partial charge on any atom is 0.271 e. The van der Waals surface area contributed by atoms with E-state index in [0.717, 1.165) is 16.5 Å². The monoisotopic (exact) mass is 530 g/mol. The highest BCUT2D eigenvalue weighted by Gasteiger charge is 2.35. The van der Waals surface area contributed by atoms with Crippen LogP contribution in [0.5, 0.6) is 0 Å². The van der Waals surface area contributed by atoms with Crippen LogP contribution in [0.2, 0.25) is 5.02 Å². The molecular formula is C30H31ClN4O3. The standard InChI is InChI=1S/C30H31ClN4O3/c1-30(2,3)34-28(37)27(21-13-15-23(31)16-14-21)35(19-26(36)32-18-20-9-5-4-6-10-20)29(38)25-17-22-11-7-8-12-24(22)33-25/h4-17,27,33H,18-19H2,1-3H3,(H,32,36)(H,34,37). The van der Waals surface area contributed by atoms with Crippen molar-refractivity contribution in [2.45, 2.75) is 38.9 Å². The van der Waals surface area contributed by atoms with Gasteiger partial charge in [-0.05, 0) is 56.2 Å². The second kappa shape index (κ2) is 11.5. The van der Waals surface area contributed by atoms with E-state index in [1.807, 2.05) is 75.4 Å². The zero-order valence-electron chi connectivity index (χ0n) is 21.6. The van der Waals surface area contributed by atoms with Gasteiger partial charge in [0.15, 0.2) is 0 Å². The second-order valence-electron chi connectivity index (χ2n) is 10.2. The van der Waals surface area contributed by atoms with Crippen molar-refractivity contribution < 1.29 is 14.4 Å². The lowest BCUT2D eigenvalue weighted by atomic mass is 10.0. The number of amides is 3. The third kappa shape index (κ3) is 6.81. The quantitative estimate of drug-likeness (QED) is 0.291. The highest BCUT2D eigenvalue weighted by molar-refractivity contribution is 6.30. The Labute approximate surface area is 227 Å². The molecule has 4 aromatic rings. The molecule has 4 rings (SSSR count). The van der Waals surface area contributed by atoms with E-state index in [0.29, 0.717) is 17.1 Å². The highest BCUT2D eigenvalue weighted by atomic mass is 35.5. The summed E-state index contributed by atoms with van der Waals surface area (Å²) in [4.78, 5) is 45.3. The van der Waals surface area contributed by atoms with Crippen LogP contribution in [-0.4, -0.2) is 39.7 Å². The van der Waals surface area contributed by atoms with Gasteiger partial charge < -0.3 is 20.5 Å². The first kappa shape index (κ1) is 26.9. The molecule has 0 saturated heterocycles. The van der Waals surface area contributed by atoms with Gasteiger partial charge in [-0.2, -0.15) is 0 Å². The number of para-hydroxylation sites is 1. The number of benzene rings is 3. The lowest BCUT2D eigenvalue weighted by Gasteiger charge is -2.33. The van der Waals surface area contributed by atoms with Crippen LogP contribution >= 0.6 is 11.6 Å². The summed E-state index contributed by atoms with van der Waals surface area (Å²) in [5, 5.41) is 7.19. The molecule has 1 unspecified atom stereocenters. The molecule has 8 heteroatoms. The van der Waals surface area contributed by atoms with Crippen molar-refractivity contribution in [2.75, 3.05) is 6.54 Å². The number of nitrogens with zero attached hydrogens (tertiary/aromatic N) is 1. The molecule has 0 radical (unpaired) electrons. The van der Waals surface area contributed by atoms with Crippen molar-refractivity contribution in [2.24, 2.45) is 0 Å². The van der Waals surface area contributed by atoms with E-state index in [-0.39, 0.29) is 18.1 Å². The largest absolute Gasteiger partial charge is 0.351 e.